The molecule has 0 bridgehead atoms. The zero-order chi connectivity index (χ0) is 23.1. The predicted octanol–water partition coefficient (Wildman–Crippen LogP) is 6.02. The zero-order valence-corrected chi connectivity index (χ0v) is 19.2. The molecular formula is C22H14Cl2O6S2. The summed E-state index contributed by atoms with van der Waals surface area (Å²) >= 11 is 12.0. The van der Waals surface area contributed by atoms with Gasteiger partial charge in [0.15, 0.2) is 0 Å². The molecule has 4 aromatic carbocycles. The predicted molar refractivity (Wildman–Crippen MR) is 122 cm³/mol. The van der Waals surface area contributed by atoms with Crippen LogP contribution < -0.4 is 4.74 Å². The molecule has 10 heteroatoms. The maximum Gasteiger partial charge on any atom is 0.295 e. The highest BCUT2D eigenvalue weighted by atomic mass is 35.5. The summed E-state index contributed by atoms with van der Waals surface area (Å²) in [7, 11) is -8.42. The number of rotatable bonds is 5. The molecular weight excluding hydrogens is 495 g/mol. The standard InChI is InChI=1S/C22H14Cl2O6S2/c23-15-7-12-18(24)21(13-15)31(25,26)17-10-8-16(9-11-17)30-19-5-1-3-14-4-2-6-20(22(14)19)32(27,28)29/h1-13H,(H,27,28,29). The Bertz CT molecular complexity index is 1540. The molecule has 0 fully saturated rings. The minimum absolute atomic E-state index is 0.0226. The van der Waals surface area contributed by atoms with Crippen LogP contribution >= 0.6 is 23.2 Å². The molecule has 0 spiro atoms. The summed E-state index contributed by atoms with van der Waals surface area (Å²) in [5.74, 6) is 0.447. The van der Waals surface area contributed by atoms with Crippen LogP contribution in [-0.2, 0) is 20.0 Å². The van der Waals surface area contributed by atoms with Gasteiger partial charge in [0, 0.05) is 10.4 Å². The molecule has 0 unspecified atom stereocenters. The topological polar surface area (TPSA) is 97.7 Å². The Morgan fingerprint density at radius 3 is 2.06 bits per heavy atom. The summed E-state index contributed by atoms with van der Waals surface area (Å²) < 4.78 is 64.9. The fourth-order valence-corrected chi connectivity index (χ4v) is 5.94. The summed E-state index contributed by atoms with van der Waals surface area (Å²) in [4.78, 5) is -0.432. The molecule has 0 aliphatic carbocycles. The van der Waals surface area contributed by atoms with Crippen molar-refractivity contribution in [1.82, 2.24) is 0 Å². The van der Waals surface area contributed by atoms with Crippen LogP contribution in [0.1, 0.15) is 0 Å². The number of hydrogen-bond acceptors (Lipinski definition) is 5. The van der Waals surface area contributed by atoms with E-state index >= 15 is 0 Å². The van der Waals surface area contributed by atoms with Crippen molar-refractivity contribution < 1.29 is 26.1 Å². The summed E-state index contributed by atoms with van der Waals surface area (Å²) in [6, 6.07) is 19.1. The molecule has 4 rings (SSSR count). The van der Waals surface area contributed by atoms with E-state index in [1.807, 2.05) is 0 Å². The van der Waals surface area contributed by atoms with Crippen molar-refractivity contribution in [2.24, 2.45) is 0 Å². The average Bonchev–Trinajstić information content (AvgIpc) is 2.75. The number of benzene rings is 4. The van der Waals surface area contributed by atoms with Crippen molar-refractivity contribution in [3.8, 4) is 11.5 Å². The van der Waals surface area contributed by atoms with Crippen LogP contribution in [-0.4, -0.2) is 21.4 Å². The van der Waals surface area contributed by atoms with Gasteiger partial charge in [0.2, 0.25) is 9.84 Å². The highest BCUT2D eigenvalue weighted by Crippen LogP contribution is 2.36. The smallest absolute Gasteiger partial charge is 0.295 e. The lowest BCUT2D eigenvalue weighted by Gasteiger charge is -2.12. The Balaban J connectivity index is 1.73. The van der Waals surface area contributed by atoms with Gasteiger partial charge in [-0.3, -0.25) is 4.55 Å². The van der Waals surface area contributed by atoms with E-state index in [4.69, 9.17) is 27.9 Å². The summed E-state index contributed by atoms with van der Waals surface area (Å²) in [6.45, 7) is 0. The Morgan fingerprint density at radius 2 is 1.41 bits per heavy atom. The second-order valence-corrected chi connectivity index (χ2v) is 10.9. The summed E-state index contributed by atoms with van der Waals surface area (Å²) in [6.07, 6.45) is 0. The number of ether oxygens (including phenoxy) is 1. The van der Waals surface area contributed by atoms with Gasteiger partial charge in [-0.2, -0.15) is 8.42 Å². The van der Waals surface area contributed by atoms with Crippen molar-refractivity contribution >= 4 is 53.9 Å². The van der Waals surface area contributed by atoms with Crippen molar-refractivity contribution in [3.05, 3.63) is 88.9 Å². The third-order valence-corrected chi connectivity index (χ3v) is 8.03. The van der Waals surface area contributed by atoms with E-state index < -0.39 is 20.0 Å². The van der Waals surface area contributed by atoms with Crippen molar-refractivity contribution in [1.29, 1.82) is 0 Å². The molecule has 0 aliphatic rings. The zero-order valence-electron chi connectivity index (χ0n) is 16.1. The monoisotopic (exact) mass is 508 g/mol. The highest BCUT2D eigenvalue weighted by molar-refractivity contribution is 7.91. The first kappa shape index (κ1) is 22.6. The van der Waals surface area contributed by atoms with Gasteiger partial charge in [-0.1, -0.05) is 47.5 Å². The van der Waals surface area contributed by atoms with E-state index in [-0.39, 0.29) is 41.6 Å². The second-order valence-electron chi connectivity index (χ2n) is 6.74. The Kier molecular flexibility index (Phi) is 5.91. The van der Waals surface area contributed by atoms with Crippen LogP contribution in [0.3, 0.4) is 0 Å². The van der Waals surface area contributed by atoms with Gasteiger partial charge in [-0.05, 0) is 60.0 Å². The maximum absolute atomic E-state index is 12.9. The molecule has 32 heavy (non-hydrogen) atoms. The van der Waals surface area contributed by atoms with Gasteiger partial charge in [0.25, 0.3) is 10.1 Å². The Morgan fingerprint density at radius 1 is 0.750 bits per heavy atom. The lowest BCUT2D eigenvalue weighted by atomic mass is 10.1. The molecule has 0 saturated carbocycles. The maximum atomic E-state index is 12.9. The molecule has 0 saturated heterocycles. The van der Waals surface area contributed by atoms with Crippen LogP contribution in [0.4, 0.5) is 0 Å². The number of sulfone groups is 1. The molecule has 164 valence electrons. The summed E-state index contributed by atoms with van der Waals surface area (Å²) in [5, 5.41) is 1.04. The summed E-state index contributed by atoms with van der Waals surface area (Å²) in [5.41, 5.74) is 0. The van der Waals surface area contributed by atoms with E-state index in [0.29, 0.717) is 5.39 Å². The normalized spacial score (nSPS) is 12.1. The van der Waals surface area contributed by atoms with Crippen molar-refractivity contribution in [3.63, 3.8) is 0 Å². The molecule has 0 amide bonds. The second kappa shape index (κ2) is 8.38. The van der Waals surface area contributed by atoms with Gasteiger partial charge < -0.3 is 4.74 Å². The lowest BCUT2D eigenvalue weighted by Crippen LogP contribution is -2.03. The van der Waals surface area contributed by atoms with Gasteiger partial charge in [0.1, 0.15) is 16.4 Å². The number of halogens is 2. The molecule has 4 aromatic rings. The third kappa shape index (κ3) is 4.32. The third-order valence-electron chi connectivity index (χ3n) is 4.65. The molecule has 1 N–H and O–H groups in total. The molecule has 0 aromatic heterocycles. The lowest BCUT2D eigenvalue weighted by molar-refractivity contribution is 0.478. The van der Waals surface area contributed by atoms with Gasteiger partial charge >= 0.3 is 0 Å². The van der Waals surface area contributed by atoms with Crippen LogP contribution in [0.15, 0.2) is 93.5 Å². The first-order valence-electron chi connectivity index (χ1n) is 9.05. The van der Waals surface area contributed by atoms with Crippen molar-refractivity contribution in [2.75, 3.05) is 0 Å². The van der Waals surface area contributed by atoms with Gasteiger partial charge in [-0.25, -0.2) is 8.42 Å². The first-order chi connectivity index (χ1) is 15.1. The van der Waals surface area contributed by atoms with E-state index in [2.05, 4.69) is 0 Å². The van der Waals surface area contributed by atoms with Gasteiger partial charge in [-0.15, -0.1) is 0 Å². The Hall–Kier alpha value is -2.62. The Labute approximate surface area is 194 Å². The fraction of sp³-hybridized carbons (Fsp3) is 0. The van der Waals surface area contributed by atoms with Crippen LogP contribution in [0, 0.1) is 0 Å². The largest absolute Gasteiger partial charge is 0.457 e. The van der Waals surface area contributed by atoms with Crippen LogP contribution in [0.5, 0.6) is 11.5 Å². The molecule has 0 heterocycles. The average molecular weight is 509 g/mol. The molecule has 0 atom stereocenters. The first-order valence-corrected chi connectivity index (χ1v) is 12.7. The van der Waals surface area contributed by atoms with E-state index in [9.17, 15) is 21.4 Å². The molecule has 0 radical (unpaired) electrons. The van der Waals surface area contributed by atoms with E-state index in [0.717, 1.165) is 0 Å². The minimum Gasteiger partial charge on any atom is -0.457 e. The highest BCUT2D eigenvalue weighted by Gasteiger charge is 2.22. The number of hydrogen-bond donors (Lipinski definition) is 1. The number of fused-ring (bicyclic) bond motifs is 1. The fourth-order valence-electron chi connectivity index (χ4n) is 3.20. The van der Waals surface area contributed by atoms with Crippen molar-refractivity contribution in [2.45, 2.75) is 14.7 Å². The molecule has 0 aliphatic heterocycles. The van der Waals surface area contributed by atoms with Crippen LogP contribution in [0.25, 0.3) is 10.8 Å². The van der Waals surface area contributed by atoms with Crippen LogP contribution in [0.2, 0.25) is 10.0 Å². The van der Waals surface area contributed by atoms with E-state index in [1.54, 1.807) is 24.3 Å². The quantitative estimate of drug-likeness (QED) is 0.331. The van der Waals surface area contributed by atoms with E-state index in [1.165, 1.54) is 54.6 Å². The van der Waals surface area contributed by atoms with Gasteiger partial charge in [0.05, 0.1) is 14.8 Å². The SMILES string of the molecule is O=S(=O)(O)c1cccc2cccc(Oc3ccc(S(=O)(=O)c4cc(Cl)ccc4Cl)cc3)c12. The minimum atomic E-state index is -4.49. The molecule has 6 nitrogen and oxygen atoms in total.